The van der Waals surface area contributed by atoms with Gasteiger partial charge in [0, 0.05) is 6.08 Å². The lowest BCUT2D eigenvalue weighted by Crippen LogP contribution is -2.37. The summed E-state index contributed by atoms with van der Waals surface area (Å²) in [6.07, 6.45) is -7.43. The van der Waals surface area contributed by atoms with Gasteiger partial charge in [0.15, 0.2) is 5.78 Å². The fraction of sp³-hybridized carbons (Fsp3) is 0.192. The Morgan fingerprint density at radius 1 is 0.650 bits per heavy atom. The summed E-state index contributed by atoms with van der Waals surface area (Å²) in [4.78, 5) is 14.0. The van der Waals surface area contributed by atoms with Gasteiger partial charge in [-0.05, 0) is 47.5 Å². The van der Waals surface area contributed by atoms with Crippen LogP contribution < -0.4 is 14.2 Å². The van der Waals surface area contributed by atoms with Crippen LogP contribution in [0.4, 0.5) is 0 Å². The van der Waals surface area contributed by atoms with Crippen LogP contribution in [-0.4, -0.2) is 32.5 Å². The molecule has 6 nitrogen and oxygen atoms in total. The Morgan fingerprint density at radius 3 is 1.45 bits per heavy atom. The van der Waals surface area contributed by atoms with Crippen molar-refractivity contribution in [3.63, 3.8) is 0 Å². The van der Waals surface area contributed by atoms with Gasteiger partial charge in [0.25, 0.3) is 0 Å². The second-order valence-corrected chi connectivity index (χ2v) is 23.5. The zero-order chi connectivity index (χ0) is 29.3. The van der Waals surface area contributed by atoms with Gasteiger partial charge in [-0.1, -0.05) is 109 Å². The predicted octanol–water partition coefficient (Wildman–Crippen LogP) is 8.60. The normalized spacial score (nSPS) is 13.7. The number of allylic oxidation sites excluding steroid dienone is 1. The molecule has 0 radical (unpaired) electrons. The smallest absolute Gasteiger partial charge is 0.494 e. The Labute approximate surface area is 263 Å². The fourth-order valence-corrected chi connectivity index (χ4v) is 6.69. The van der Waals surface area contributed by atoms with Gasteiger partial charge in [0.1, 0.15) is 17.2 Å². The number of ketones is 1. The molecule has 3 aromatic carbocycles. The van der Waals surface area contributed by atoms with Crippen LogP contribution in [-0.2, 0) is 13.6 Å². The lowest BCUT2D eigenvalue weighted by Gasteiger charge is -2.35. The molecule has 214 valence electrons. The summed E-state index contributed by atoms with van der Waals surface area (Å²) in [5.74, 6) is -0.0160. The van der Waals surface area contributed by atoms with E-state index in [1.807, 2.05) is 6.07 Å². The van der Waals surface area contributed by atoms with Gasteiger partial charge in [-0.2, -0.15) is 0 Å². The topological polar surface area (TPSA) is 63.2 Å². The molecular weight excluding hydrogens is 677 g/mol. The van der Waals surface area contributed by atoms with Gasteiger partial charge in [0.2, 0.25) is 0 Å². The average molecular weight is 701 g/mol. The third-order valence-corrected chi connectivity index (χ3v) is 8.22. The Morgan fingerprint density at radius 2 is 1.07 bits per heavy atom. The number of ether oxygens (including phenoxy) is 3. The van der Waals surface area contributed by atoms with Crippen LogP contribution >= 0.6 is 66.5 Å². The van der Waals surface area contributed by atoms with E-state index in [0.717, 1.165) is 0 Å². The highest BCUT2D eigenvalue weighted by Gasteiger charge is 2.46. The molecular formula is C26H24Cl6O6Si2. The average Bonchev–Trinajstić information content (AvgIpc) is 2.91. The van der Waals surface area contributed by atoms with Crippen LogP contribution in [0.25, 0.3) is 0 Å². The van der Waals surface area contributed by atoms with Crippen molar-refractivity contribution in [1.29, 1.82) is 0 Å². The molecule has 40 heavy (non-hydrogen) atoms. The number of carbonyl (C=O) groups is 1. The number of halogens is 6. The van der Waals surface area contributed by atoms with E-state index in [1.165, 1.54) is 26.6 Å². The molecule has 0 bridgehead atoms. The van der Waals surface area contributed by atoms with E-state index in [9.17, 15) is 4.79 Å². The molecule has 0 fully saturated rings. The summed E-state index contributed by atoms with van der Waals surface area (Å²) < 4.78 is 28.1. The number of hydrogen-bond acceptors (Lipinski definition) is 6. The zero-order valence-corrected chi connectivity index (χ0v) is 27.6. The van der Waals surface area contributed by atoms with Gasteiger partial charge in [0.05, 0.1) is 38.6 Å². The van der Waals surface area contributed by atoms with Crippen molar-refractivity contribution in [1.82, 2.24) is 0 Å². The number of methoxy groups -OCH3 is 2. The lowest BCUT2D eigenvalue weighted by molar-refractivity contribution is -0.125. The summed E-state index contributed by atoms with van der Waals surface area (Å²) in [5, 5.41) is 0. The molecule has 0 amide bonds. The fourth-order valence-electron chi connectivity index (χ4n) is 3.82. The standard InChI is InChI=1S/C26H24Cl6O6Si2/c1-34-20-12-8-18(9-13-20)25(37-39(27,28)29)24(23(33)16-17-36-22-6-4-3-5-7-22)26(38-40(30,31)32)19-10-14-21(35-2)15-11-19/h3-17,24-26H,1-2H3/b17-16+/t25-,26-/m0/s1. The molecule has 0 spiro atoms. The van der Waals surface area contributed by atoms with Gasteiger partial charge in [-0.25, -0.2) is 0 Å². The highest BCUT2D eigenvalue weighted by Crippen LogP contribution is 2.45. The van der Waals surface area contributed by atoms with Crippen LogP contribution in [0.15, 0.2) is 91.2 Å². The molecule has 2 atom stereocenters. The van der Waals surface area contributed by atoms with Crippen molar-refractivity contribution in [2.45, 2.75) is 12.2 Å². The van der Waals surface area contributed by atoms with Crippen LogP contribution in [0.3, 0.4) is 0 Å². The van der Waals surface area contributed by atoms with Gasteiger partial charge < -0.3 is 23.1 Å². The van der Waals surface area contributed by atoms with Crippen molar-refractivity contribution in [3.05, 3.63) is 102 Å². The summed E-state index contributed by atoms with van der Waals surface area (Å²) in [6.45, 7) is 0. The first-order valence-corrected chi connectivity index (χ1v) is 21.5. The van der Waals surface area contributed by atoms with Crippen LogP contribution in [0.5, 0.6) is 17.2 Å². The van der Waals surface area contributed by atoms with E-state index in [2.05, 4.69) is 0 Å². The molecule has 0 aliphatic rings. The van der Waals surface area contributed by atoms with E-state index in [-0.39, 0.29) is 0 Å². The van der Waals surface area contributed by atoms with Crippen molar-refractivity contribution >= 4 is 84.8 Å². The maximum Gasteiger partial charge on any atom is 0.494 e. The molecule has 0 unspecified atom stereocenters. The number of hydrogen-bond donors (Lipinski definition) is 0. The summed E-state index contributed by atoms with van der Waals surface area (Å²) in [7, 11) is 3.06. The number of carbonyl (C=O) groups excluding carboxylic acids is 1. The van der Waals surface area contributed by atoms with Crippen molar-refractivity contribution in [3.8, 4) is 17.2 Å². The molecule has 0 aromatic heterocycles. The third-order valence-electron chi connectivity index (χ3n) is 5.57. The van der Waals surface area contributed by atoms with Gasteiger partial charge >= 0.3 is 12.5 Å². The minimum absolute atomic E-state index is 0.496. The molecule has 0 saturated carbocycles. The van der Waals surface area contributed by atoms with E-state index >= 15 is 0 Å². The number of rotatable bonds is 14. The summed E-state index contributed by atoms with van der Waals surface area (Å²) in [5.41, 5.74) is 1.01. The largest absolute Gasteiger partial charge is 0.497 e. The third kappa shape index (κ3) is 10.4. The highest BCUT2D eigenvalue weighted by molar-refractivity contribution is 7.62. The summed E-state index contributed by atoms with van der Waals surface area (Å²) >= 11 is 37.4. The summed E-state index contributed by atoms with van der Waals surface area (Å²) in [6, 6.07) is 22.4. The van der Waals surface area contributed by atoms with Crippen molar-refractivity contribution < 1.29 is 27.9 Å². The van der Waals surface area contributed by atoms with Gasteiger partial charge in [-0.15, -0.1) is 0 Å². The Balaban J connectivity index is 2.15. The number of benzene rings is 3. The van der Waals surface area contributed by atoms with Gasteiger partial charge in [-0.3, -0.25) is 4.79 Å². The second-order valence-electron chi connectivity index (χ2n) is 8.18. The molecule has 0 saturated heterocycles. The Bertz CT molecular complexity index is 1180. The zero-order valence-electron chi connectivity index (χ0n) is 21.1. The monoisotopic (exact) mass is 698 g/mol. The Kier molecular flexibility index (Phi) is 12.5. The molecule has 0 aliphatic heterocycles. The van der Waals surface area contributed by atoms with E-state index in [4.69, 9.17) is 89.5 Å². The van der Waals surface area contributed by atoms with E-state index in [1.54, 1.807) is 72.8 Å². The van der Waals surface area contributed by atoms with E-state index in [0.29, 0.717) is 28.4 Å². The first-order valence-electron chi connectivity index (χ1n) is 11.6. The Hall–Kier alpha value is -1.44. The molecule has 0 N–H and O–H groups in total. The van der Waals surface area contributed by atoms with Crippen LogP contribution in [0.2, 0.25) is 0 Å². The predicted molar refractivity (Wildman–Crippen MR) is 165 cm³/mol. The minimum atomic E-state index is -3.82. The molecule has 3 rings (SSSR count). The lowest BCUT2D eigenvalue weighted by atomic mass is 9.84. The van der Waals surface area contributed by atoms with Crippen molar-refractivity contribution in [2.24, 2.45) is 5.92 Å². The minimum Gasteiger partial charge on any atom is -0.497 e. The number of para-hydroxylation sites is 1. The van der Waals surface area contributed by atoms with Crippen molar-refractivity contribution in [2.75, 3.05) is 14.2 Å². The van der Waals surface area contributed by atoms with E-state index < -0.39 is 36.4 Å². The maximum absolute atomic E-state index is 14.0. The first kappa shape index (κ1) is 33.1. The SMILES string of the molecule is COc1ccc([C@H](O[Si](Cl)(Cl)Cl)C(C(=O)/C=C/Oc2ccccc2)[C@@H](O[Si](Cl)(Cl)Cl)c2ccc(OC)cc2)cc1. The molecule has 14 heteroatoms. The molecule has 0 aliphatic carbocycles. The molecule has 0 heterocycles. The molecule has 3 aromatic rings. The van der Waals surface area contributed by atoms with Crippen LogP contribution in [0.1, 0.15) is 23.3 Å². The first-order chi connectivity index (χ1) is 18.9. The highest BCUT2D eigenvalue weighted by atomic mass is 35.8. The van der Waals surface area contributed by atoms with Crippen LogP contribution in [0, 0.1) is 5.92 Å². The maximum atomic E-state index is 14.0. The quantitative estimate of drug-likeness (QED) is 0.0727. The second kappa shape index (κ2) is 15.2.